The lowest BCUT2D eigenvalue weighted by Gasteiger charge is -2.39. The summed E-state index contributed by atoms with van der Waals surface area (Å²) >= 11 is 0. The highest BCUT2D eigenvalue weighted by molar-refractivity contribution is 5.86. The Morgan fingerprint density at radius 3 is 2.51 bits per heavy atom. The quantitative estimate of drug-likeness (QED) is 0.311. The predicted molar refractivity (Wildman–Crippen MR) is 136 cm³/mol. The minimum Gasteiger partial charge on any atom is -0.462 e. The molecule has 4 aromatic rings. The molecular formula is C28H28N2O7. The van der Waals surface area contributed by atoms with Gasteiger partial charge in [0, 0.05) is 24.0 Å². The van der Waals surface area contributed by atoms with E-state index in [0.717, 1.165) is 27.6 Å². The largest absolute Gasteiger partial charge is 0.462 e. The van der Waals surface area contributed by atoms with E-state index in [4.69, 9.17) is 9.47 Å². The first kappa shape index (κ1) is 25.1. The van der Waals surface area contributed by atoms with Crippen molar-refractivity contribution in [1.82, 2.24) is 9.55 Å². The second kappa shape index (κ2) is 10.4. The third kappa shape index (κ3) is 5.00. The van der Waals surface area contributed by atoms with E-state index < -0.39 is 37.3 Å². The molecule has 1 saturated heterocycles. The Bertz CT molecular complexity index is 1450. The van der Waals surface area contributed by atoms with E-state index in [9.17, 15) is 25.2 Å². The van der Waals surface area contributed by atoms with Crippen LogP contribution in [0.25, 0.3) is 21.9 Å². The summed E-state index contributed by atoms with van der Waals surface area (Å²) in [6.45, 7) is 1.72. The number of fused-ring (bicyclic) bond motifs is 1. The fourth-order valence-corrected chi connectivity index (χ4v) is 4.52. The maximum absolute atomic E-state index is 13.2. The fraction of sp³-hybridized carbons (Fsp3) is 0.286. The summed E-state index contributed by atoms with van der Waals surface area (Å²) in [7, 11) is 0. The van der Waals surface area contributed by atoms with Crippen molar-refractivity contribution in [1.29, 1.82) is 0 Å². The van der Waals surface area contributed by atoms with Gasteiger partial charge in [0.15, 0.2) is 0 Å². The van der Waals surface area contributed by atoms with Gasteiger partial charge in [-0.3, -0.25) is 9.78 Å². The van der Waals surface area contributed by atoms with Gasteiger partial charge in [-0.1, -0.05) is 24.3 Å². The van der Waals surface area contributed by atoms with Crippen LogP contribution in [0.4, 0.5) is 0 Å². The summed E-state index contributed by atoms with van der Waals surface area (Å²) in [6.07, 6.45) is -1.56. The van der Waals surface area contributed by atoms with Crippen molar-refractivity contribution in [2.75, 3.05) is 6.61 Å². The Balaban J connectivity index is 1.40. The van der Waals surface area contributed by atoms with Crippen LogP contribution in [-0.2, 0) is 11.3 Å². The van der Waals surface area contributed by atoms with Crippen LogP contribution >= 0.6 is 0 Å². The van der Waals surface area contributed by atoms with E-state index in [2.05, 4.69) is 4.98 Å². The lowest BCUT2D eigenvalue weighted by atomic mass is 9.99. The third-order valence-electron chi connectivity index (χ3n) is 6.65. The van der Waals surface area contributed by atoms with Crippen molar-refractivity contribution in [2.45, 2.75) is 44.2 Å². The maximum atomic E-state index is 13.2. The zero-order valence-corrected chi connectivity index (χ0v) is 20.1. The number of ether oxygens (including phenoxy) is 2. The van der Waals surface area contributed by atoms with Crippen LogP contribution in [-0.4, -0.2) is 67.3 Å². The van der Waals surface area contributed by atoms with Gasteiger partial charge >= 0.3 is 0 Å². The second-order valence-corrected chi connectivity index (χ2v) is 9.21. The monoisotopic (exact) mass is 504 g/mol. The number of aryl methyl sites for hydroxylation is 1. The van der Waals surface area contributed by atoms with Gasteiger partial charge in [-0.05, 0) is 64.9 Å². The van der Waals surface area contributed by atoms with Crippen LogP contribution in [0.3, 0.4) is 0 Å². The van der Waals surface area contributed by atoms with Crippen molar-refractivity contribution in [3.63, 3.8) is 0 Å². The number of hydrogen-bond acceptors (Lipinski definition) is 8. The first-order valence-electron chi connectivity index (χ1n) is 12.0. The fourth-order valence-electron chi connectivity index (χ4n) is 4.52. The summed E-state index contributed by atoms with van der Waals surface area (Å²) in [5.41, 5.74) is 3.29. The Kier molecular flexibility index (Phi) is 7.05. The molecule has 9 nitrogen and oxygen atoms in total. The maximum Gasteiger partial charge on any atom is 0.258 e. The van der Waals surface area contributed by atoms with Crippen LogP contribution in [0.2, 0.25) is 0 Å². The van der Waals surface area contributed by atoms with Crippen LogP contribution in [0.1, 0.15) is 11.1 Å². The molecule has 0 radical (unpaired) electrons. The van der Waals surface area contributed by atoms with Crippen molar-refractivity contribution in [3.05, 3.63) is 94.7 Å². The van der Waals surface area contributed by atoms with Gasteiger partial charge in [0.2, 0.25) is 6.29 Å². The summed E-state index contributed by atoms with van der Waals surface area (Å²) < 4.78 is 12.9. The predicted octanol–water partition coefficient (Wildman–Crippen LogP) is 1.60. The molecule has 3 heterocycles. The van der Waals surface area contributed by atoms with Crippen molar-refractivity contribution < 1.29 is 29.9 Å². The number of aliphatic hydroxyl groups excluding tert-OH is 4. The highest BCUT2D eigenvalue weighted by atomic mass is 16.7. The van der Waals surface area contributed by atoms with Gasteiger partial charge in [0.05, 0.1) is 13.2 Å². The van der Waals surface area contributed by atoms with Crippen LogP contribution in [0, 0.1) is 6.92 Å². The summed E-state index contributed by atoms with van der Waals surface area (Å²) in [5, 5.41) is 41.1. The normalized spacial score (nSPS) is 23.8. The Hall–Kier alpha value is -3.60. The average molecular weight is 505 g/mol. The molecule has 192 valence electrons. The molecule has 9 heteroatoms. The Morgan fingerprint density at radius 2 is 1.78 bits per heavy atom. The van der Waals surface area contributed by atoms with Gasteiger partial charge in [0.25, 0.3) is 5.56 Å². The molecule has 1 aliphatic heterocycles. The number of aromatic nitrogens is 2. The molecule has 4 N–H and O–H groups in total. The minimum absolute atomic E-state index is 0.0949. The van der Waals surface area contributed by atoms with Gasteiger partial charge in [0.1, 0.15) is 30.2 Å². The molecule has 0 amide bonds. The molecule has 0 bridgehead atoms. The van der Waals surface area contributed by atoms with E-state index in [1.165, 1.54) is 0 Å². The highest BCUT2D eigenvalue weighted by Crippen LogP contribution is 2.30. The number of benzene rings is 2. The number of aliphatic hydroxyl groups is 4. The van der Waals surface area contributed by atoms with Crippen molar-refractivity contribution in [2.24, 2.45) is 0 Å². The molecule has 0 spiro atoms. The Morgan fingerprint density at radius 1 is 1.00 bits per heavy atom. The van der Waals surface area contributed by atoms with E-state index in [0.29, 0.717) is 17.7 Å². The Labute approximate surface area is 212 Å². The zero-order valence-electron chi connectivity index (χ0n) is 20.1. The van der Waals surface area contributed by atoms with E-state index in [-0.39, 0.29) is 5.56 Å². The summed E-state index contributed by atoms with van der Waals surface area (Å²) in [6, 6.07) is 16.8. The molecule has 5 rings (SSSR count). The number of nitrogens with zero attached hydrogens (tertiary/aromatic N) is 2. The van der Waals surface area contributed by atoms with Crippen molar-refractivity contribution in [3.8, 4) is 16.9 Å². The molecule has 37 heavy (non-hydrogen) atoms. The molecule has 2 aromatic carbocycles. The topological polar surface area (TPSA) is 134 Å². The average Bonchev–Trinajstić information content (AvgIpc) is 2.92. The summed E-state index contributed by atoms with van der Waals surface area (Å²) in [4.78, 5) is 17.3. The molecule has 1 aliphatic rings. The van der Waals surface area contributed by atoms with Gasteiger partial charge in [-0.2, -0.15) is 0 Å². The summed E-state index contributed by atoms with van der Waals surface area (Å²) in [5.74, 6) is 0.410. The smallest absolute Gasteiger partial charge is 0.258 e. The molecule has 0 aliphatic carbocycles. The molecule has 5 atom stereocenters. The second-order valence-electron chi connectivity index (χ2n) is 9.21. The van der Waals surface area contributed by atoms with Crippen molar-refractivity contribution >= 4 is 10.8 Å². The molecule has 5 unspecified atom stereocenters. The standard InChI is InChI=1S/C28H28N2O7/c1-16-11-19(6-7-22(16)36-28-26(34)25(33)24(32)23(15-31)37-28)20-5-4-18-8-10-30(27(35)21(18)12-20)14-17-3-2-9-29-13-17/h2-13,23-26,28,31-34H,14-15H2,1H3. The molecule has 2 aromatic heterocycles. The molecule has 1 fully saturated rings. The van der Waals surface area contributed by atoms with E-state index in [1.54, 1.807) is 29.2 Å². The van der Waals surface area contributed by atoms with E-state index in [1.807, 2.05) is 55.5 Å². The third-order valence-corrected chi connectivity index (χ3v) is 6.65. The first-order valence-corrected chi connectivity index (χ1v) is 12.0. The number of rotatable bonds is 6. The van der Waals surface area contributed by atoms with Crippen LogP contribution in [0.15, 0.2) is 78.0 Å². The first-order chi connectivity index (χ1) is 17.9. The van der Waals surface area contributed by atoms with Gasteiger partial charge in [-0.15, -0.1) is 0 Å². The van der Waals surface area contributed by atoms with Gasteiger partial charge in [-0.25, -0.2) is 0 Å². The SMILES string of the molecule is Cc1cc(-c2ccc3ccn(Cc4cccnc4)c(=O)c3c2)ccc1OC1OC(CO)C(O)C(O)C1O. The highest BCUT2D eigenvalue weighted by Gasteiger charge is 2.44. The van der Waals surface area contributed by atoms with Crippen LogP contribution < -0.4 is 10.3 Å². The van der Waals surface area contributed by atoms with Crippen LogP contribution in [0.5, 0.6) is 5.75 Å². The lowest BCUT2D eigenvalue weighted by molar-refractivity contribution is -0.277. The minimum atomic E-state index is -1.52. The zero-order chi connectivity index (χ0) is 26.1. The lowest BCUT2D eigenvalue weighted by Crippen LogP contribution is -2.60. The molecule has 0 saturated carbocycles. The molecular weight excluding hydrogens is 476 g/mol. The van der Waals surface area contributed by atoms with Gasteiger partial charge < -0.3 is 34.5 Å². The van der Waals surface area contributed by atoms with E-state index >= 15 is 0 Å². The number of pyridine rings is 2. The number of hydrogen-bond donors (Lipinski definition) is 4.